The Labute approximate surface area is 191 Å². The molecule has 3 heterocycles. The fourth-order valence-electron chi connectivity index (χ4n) is 4.13. The molecule has 33 heavy (non-hydrogen) atoms. The molecular formula is C25H24N6O2. The number of carbonyl (C=O) groups is 2. The number of aromatic nitrogens is 4. The lowest BCUT2D eigenvalue weighted by Gasteiger charge is -2.32. The van der Waals surface area contributed by atoms with Crippen molar-refractivity contribution in [3.8, 4) is 5.82 Å². The van der Waals surface area contributed by atoms with E-state index in [2.05, 4.69) is 15.6 Å². The maximum atomic E-state index is 13.8. The van der Waals surface area contributed by atoms with Crippen LogP contribution >= 0.6 is 0 Å². The van der Waals surface area contributed by atoms with Gasteiger partial charge in [-0.1, -0.05) is 53.7 Å². The molecule has 1 unspecified atom stereocenters. The lowest BCUT2D eigenvalue weighted by Crippen LogP contribution is -2.48. The first-order valence-electron chi connectivity index (χ1n) is 10.8. The number of amides is 2. The molecule has 8 heteroatoms. The second kappa shape index (κ2) is 7.81. The smallest absolute Gasteiger partial charge is 0.275 e. The van der Waals surface area contributed by atoms with Gasteiger partial charge in [-0.25, -0.2) is 4.98 Å². The fourth-order valence-corrected chi connectivity index (χ4v) is 4.13. The molecule has 0 radical (unpaired) electrons. The normalized spacial score (nSPS) is 15.7. The van der Waals surface area contributed by atoms with E-state index in [4.69, 9.17) is 4.98 Å². The first-order chi connectivity index (χ1) is 15.8. The number of fused-ring (bicyclic) bond motifs is 4. The van der Waals surface area contributed by atoms with Gasteiger partial charge in [0.1, 0.15) is 6.04 Å². The van der Waals surface area contributed by atoms with Crippen molar-refractivity contribution in [3.05, 3.63) is 83.7 Å². The minimum Gasteiger partial charge on any atom is -0.349 e. The van der Waals surface area contributed by atoms with Crippen molar-refractivity contribution < 1.29 is 9.59 Å². The quantitative estimate of drug-likeness (QED) is 0.527. The topological polar surface area (TPSA) is 93.0 Å². The zero-order chi connectivity index (χ0) is 23.2. The standard InChI is InChI=1S/C25H24N6O2/c1-25(2,3)28-23(32)21-18-13-17-11-7-8-12-19(17)27-22(18)31-20(14-26-29-31)24(33)30(21)15-16-9-5-4-6-10-16/h4-14,21H,15H2,1-3H3,(H,28,32). The Morgan fingerprint density at radius 2 is 1.79 bits per heavy atom. The summed E-state index contributed by atoms with van der Waals surface area (Å²) in [6.07, 6.45) is 1.42. The SMILES string of the molecule is CC(C)(C)NC(=O)C1c2cc3ccccc3nc2-n2nncc2C(=O)N1Cc1ccccc1. The summed E-state index contributed by atoms with van der Waals surface area (Å²) < 4.78 is 1.44. The molecule has 2 aromatic carbocycles. The van der Waals surface area contributed by atoms with Crippen molar-refractivity contribution in [2.24, 2.45) is 0 Å². The Kier molecular flexibility index (Phi) is 4.92. The third-order valence-corrected chi connectivity index (χ3v) is 5.51. The number of hydrogen-bond donors (Lipinski definition) is 1. The van der Waals surface area contributed by atoms with E-state index in [0.29, 0.717) is 11.4 Å². The first kappa shape index (κ1) is 20.8. The number of para-hydroxylation sites is 1. The van der Waals surface area contributed by atoms with Gasteiger partial charge >= 0.3 is 0 Å². The Hall–Kier alpha value is -4.07. The second-order valence-corrected chi connectivity index (χ2v) is 9.19. The molecule has 5 rings (SSSR count). The van der Waals surface area contributed by atoms with E-state index in [1.54, 1.807) is 4.90 Å². The van der Waals surface area contributed by atoms with Crippen LogP contribution in [0.5, 0.6) is 0 Å². The summed E-state index contributed by atoms with van der Waals surface area (Å²) >= 11 is 0. The monoisotopic (exact) mass is 440 g/mol. The van der Waals surface area contributed by atoms with Crippen LogP contribution in [0.3, 0.4) is 0 Å². The number of carbonyl (C=O) groups excluding carboxylic acids is 2. The predicted molar refractivity (Wildman–Crippen MR) is 124 cm³/mol. The van der Waals surface area contributed by atoms with Gasteiger partial charge in [-0.15, -0.1) is 5.10 Å². The molecule has 1 aliphatic heterocycles. The second-order valence-electron chi connectivity index (χ2n) is 9.19. The van der Waals surface area contributed by atoms with Gasteiger partial charge in [0.25, 0.3) is 5.91 Å². The highest BCUT2D eigenvalue weighted by Crippen LogP contribution is 2.35. The zero-order valence-corrected chi connectivity index (χ0v) is 18.7. The maximum Gasteiger partial charge on any atom is 0.275 e. The highest BCUT2D eigenvalue weighted by molar-refractivity contribution is 5.99. The number of pyridine rings is 1. The van der Waals surface area contributed by atoms with E-state index in [1.807, 2.05) is 81.4 Å². The van der Waals surface area contributed by atoms with Crippen LogP contribution in [-0.2, 0) is 11.3 Å². The highest BCUT2D eigenvalue weighted by Gasteiger charge is 2.40. The summed E-state index contributed by atoms with van der Waals surface area (Å²) in [6.45, 7) is 6.00. The number of benzene rings is 2. The molecule has 0 saturated carbocycles. The third kappa shape index (κ3) is 3.84. The van der Waals surface area contributed by atoms with Crippen LogP contribution in [0, 0.1) is 0 Å². The molecule has 0 spiro atoms. The van der Waals surface area contributed by atoms with Crippen molar-refractivity contribution >= 4 is 22.7 Å². The van der Waals surface area contributed by atoms with Crippen molar-refractivity contribution in [1.29, 1.82) is 0 Å². The van der Waals surface area contributed by atoms with E-state index in [1.165, 1.54) is 10.9 Å². The summed E-state index contributed by atoms with van der Waals surface area (Å²) in [4.78, 5) is 33.8. The molecule has 4 aromatic rings. The average molecular weight is 441 g/mol. The number of nitrogens with one attached hydrogen (secondary N) is 1. The average Bonchev–Trinajstić information content (AvgIpc) is 3.24. The van der Waals surface area contributed by atoms with Gasteiger partial charge in [-0.3, -0.25) is 9.59 Å². The van der Waals surface area contributed by atoms with Crippen LogP contribution in [0.25, 0.3) is 16.7 Å². The molecule has 0 bridgehead atoms. The number of nitrogens with zero attached hydrogens (tertiary/aromatic N) is 5. The van der Waals surface area contributed by atoms with E-state index < -0.39 is 11.6 Å². The first-order valence-corrected chi connectivity index (χ1v) is 10.8. The molecule has 0 fully saturated rings. The molecule has 2 aromatic heterocycles. The molecular weight excluding hydrogens is 416 g/mol. The van der Waals surface area contributed by atoms with Gasteiger partial charge in [0.2, 0.25) is 5.91 Å². The molecule has 0 aliphatic carbocycles. The fraction of sp³-hybridized carbons (Fsp3) is 0.240. The molecule has 8 nitrogen and oxygen atoms in total. The Balaban J connectivity index is 1.76. The Morgan fingerprint density at radius 3 is 2.55 bits per heavy atom. The van der Waals surface area contributed by atoms with Crippen LogP contribution < -0.4 is 5.32 Å². The number of hydrogen-bond acceptors (Lipinski definition) is 5. The van der Waals surface area contributed by atoms with E-state index in [9.17, 15) is 9.59 Å². The van der Waals surface area contributed by atoms with E-state index in [0.717, 1.165) is 16.5 Å². The van der Waals surface area contributed by atoms with Crippen LogP contribution in [0.2, 0.25) is 0 Å². The van der Waals surface area contributed by atoms with Crippen molar-refractivity contribution in [1.82, 2.24) is 30.2 Å². The third-order valence-electron chi connectivity index (χ3n) is 5.51. The maximum absolute atomic E-state index is 13.8. The van der Waals surface area contributed by atoms with Crippen LogP contribution in [0.1, 0.15) is 48.4 Å². The van der Waals surface area contributed by atoms with Gasteiger partial charge in [0.05, 0.1) is 11.7 Å². The van der Waals surface area contributed by atoms with Gasteiger partial charge in [-0.2, -0.15) is 4.68 Å². The van der Waals surface area contributed by atoms with Gasteiger partial charge in [-0.05, 0) is 38.5 Å². The summed E-state index contributed by atoms with van der Waals surface area (Å²) in [6, 6.07) is 18.3. The Morgan fingerprint density at radius 1 is 1.06 bits per heavy atom. The molecule has 166 valence electrons. The van der Waals surface area contributed by atoms with Crippen LogP contribution in [0.4, 0.5) is 0 Å². The molecule has 0 saturated heterocycles. The van der Waals surface area contributed by atoms with Gasteiger partial charge < -0.3 is 10.2 Å². The van der Waals surface area contributed by atoms with E-state index >= 15 is 0 Å². The summed E-state index contributed by atoms with van der Waals surface area (Å²) in [5.74, 6) is -0.178. The summed E-state index contributed by atoms with van der Waals surface area (Å²) in [5, 5.41) is 12.1. The zero-order valence-electron chi connectivity index (χ0n) is 18.7. The lowest BCUT2D eigenvalue weighted by atomic mass is 10.00. The van der Waals surface area contributed by atoms with Crippen molar-refractivity contribution in [2.45, 2.75) is 38.9 Å². The van der Waals surface area contributed by atoms with Gasteiger partial charge in [0.15, 0.2) is 11.5 Å². The largest absolute Gasteiger partial charge is 0.349 e. The minimum atomic E-state index is -0.897. The van der Waals surface area contributed by atoms with Gasteiger partial charge in [0, 0.05) is 23.0 Å². The highest BCUT2D eigenvalue weighted by atomic mass is 16.2. The van der Waals surface area contributed by atoms with Crippen LogP contribution in [0.15, 0.2) is 66.9 Å². The molecule has 1 N–H and O–H groups in total. The van der Waals surface area contributed by atoms with E-state index in [-0.39, 0.29) is 24.1 Å². The Bertz CT molecular complexity index is 1360. The number of rotatable bonds is 3. The molecule has 2 amide bonds. The molecule has 1 aliphatic rings. The summed E-state index contributed by atoms with van der Waals surface area (Å²) in [5.41, 5.74) is 2.04. The lowest BCUT2D eigenvalue weighted by molar-refractivity contribution is -0.127. The molecule has 1 atom stereocenters. The van der Waals surface area contributed by atoms with Crippen molar-refractivity contribution in [2.75, 3.05) is 0 Å². The predicted octanol–water partition coefficient (Wildman–Crippen LogP) is 3.43. The summed E-state index contributed by atoms with van der Waals surface area (Å²) in [7, 11) is 0. The minimum absolute atomic E-state index is 0.249. The van der Waals surface area contributed by atoms with Crippen molar-refractivity contribution in [3.63, 3.8) is 0 Å². The van der Waals surface area contributed by atoms with Crippen LogP contribution in [-0.4, -0.2) is 42.2 Å².